The van der Waals surface area contributed by atoms with Crippen molar-refractivity contribution in [3.63, 3.8) is 0 Å². The third-order valence-corrected chi connectivity index (χ3v) is 6.45. The maximum absolute atomic E-state index is 13.7. The van der Waals surface area contributed by atoms with Crippen LogP contribution in [0.15, 0.2) is 79.0 Å². The van der Waals surface area contributed by atoms with Gasteiger partial charge in [0.15, 0.2) is 0 Å². The van der Waals surface area contributed by atoms with Gasteiger partial charge in [0.2, 0.25) is 11.8 Å². The SMILES string of the molecule is O=C(NCc1ccccc1)C(CO)N(C(=O)Cc1c[nH]c2ccccc12)c1ccc2c(c1)B(O)OC2. The van der Waals surface area contributed by atoms with Crippen LogP contribution in [0.2, 0.25) is 0 Å². The molecule has 0 radical (unpaired) electrons. The molecular formula is C27H26BN3O5. The third-order valence-electron chi connectivity index (χ3n) is 6.45. The number of H-pyrrole nitrogens is 1. The minimum atomic E-state index is -1.16. The Bertz CT molecular complexity index is 1390. The minimum absolute atomic E-state index is 0.0165. The fraction of sp³-hybridized carbons (Fsp3) is 0.185. The molecule has 36 heavy (non-hydrogen) atoms. The number of amides is 2. The van der Waals surface area contributed by atoms with Crippen molar-refractivity contribution < 1.29 is 24.4 Å². The molecule has 4 N–H and O–H groups in total. The van der Waals surface area contributed by atoms with Gasteiger partial charge in [0, 0.05) is 29.3 Å². The first-order chi connectivity index (χ1) is 17.5. The van der Waals surface area contributed by atoms with Gasteiger partial charge in [-0.25, -0.2) is 0 Å². The van der Waals surface area contributed by atoms with Crippen molar-refractivity contribution in [1.82, 2.24) is 10.3 Å². The van der Waals surface area contributed by atoms with Gasteiger partial charge in [-0.15, -0.1) is 0 Å². The predicted molar refractivity (Wildman–Crippen MR) is 137 cm³/mol. The number of aromatic amines is 1. The maximum atomic E-state index is 13.7. The molecule has 1 aromatic heterocycles. The lowest BCUT2D eigenvalue weighted by Crippen LogP contribution is -2.52. The number of aromatic nitrogens is 1. The molecule has 0 bridgehead atoms. The summed E-state index contributed by atoms with van der Waals surface area (Å²) >= 11 is 0. The largest absolute Gasteiger partial charge is 0.491 e. The summed E-state index contributed by atoms with van der Waals surface area (Å²) in [7, 11) is -1.11. The molecule has 182 valence electrons. The molecule has 1 unspecified atom stereocenters. The van der Waals surface area contributed by atoms with E-state index in [-0.39, 0.29) is 25.5 Å². The molecule has 2 heterocycles. The van der Waals surface area contributed by atoms with Gasteiger partial charge in [-0.2, -0.15) is 0 Å². The number of hydrogen-bond donors (Lipinski definition) is 4. The number of fused-ring (bicyclic) bond motifs is 2. The van der Waals surface area contributed by atoms with Crippen molar-refractivity contribution in [2.45, 2.75) is 25.6 Å². The second-order valence-electron chi connectivity index (χ2n) is 8.75. The zero-order chi connectivity index (χ0) is 25.1. The number of rotatable bonds is 8. The van der Waals surface area contributed by atoms with Gasteiger partial charge in [-0.05, 0) is 40.4 Å². The lowest BCUT2D eigenvalue weighted by atomic mass is 9.79. The molecule has 0 saturated heterocycles. The number of nitrogens with one attached hydrogen (secondary N) is 2. The van der Waals surface area contributed by atoms with E-state index in [9.17, 15) is 19.7 Å². The summed E-state index contributed by atoms with van der Waals surface area (Å²) in [6.07, 6.45) is 1.80. The van der Waals surface area contributed by atoms with E-state index in [1.54, 1.807) is 24.4 Å². The van der Waals surface area contributed by atoms with Crippen LogP contribution < -0.4 is 15.7 Å². The highest BCUT2D eigenvalue weighted by Gasteiger charge is 2.34. The Balaban J connectivity index is 1.46. The molecular weight excluding hydrogens is 457 g/mol. The zero-order valence-electron chi connectivity index (χ0n) is 19.6. The third kappa shape index (κ3) is 4.76. The van der Waals surface area contributed by atoms with Gasteiger partial charge in [0.1, 0.15) is 6.04 Å². The normalized spacial score (nSPS) is 13.4. The number of benzene rings is 3. The molecule has 9 heteroatoms. The zero-order valence-corrected chi connectivity index (χ0v) is 19.6. The van der Waals surface area contributed by atoms with Crippen LogP contribution in [0.25, 0.3) is 10.9 Å². The Morgan fingerprint density at radius 3 is 2.67 bits per heavy atom. The second-order valence-corrected chi connectivity index (χ2v) is 8.75. The van der Waals surface area contributed by atoms with Gasteiger partial charge in [0.25, 0.3) is 0 Å². The van der Waals surface area contributed by atoms with Crippen molar-refractivity contribution in [3.8, 4) is 0 Å². The van der Waals surface area contributed by atoms with E-state index in [1.807, 2.05) is 54.6 Å². The van der Waals surface area contributed by atoms with Gasteiger partial charge < -0.3 is 25.1 Å². The highest BCUT2D eigenvalue weighted by atomic mass is 16.5. The van der Waals surface area contributed by atoms with Gasteiger partial charge in [0.05, 0.1) is 19.6 Å². The van der Waals surface area contributed by atoms with Crippen molar-refractivity contribution in [3.05, 3.63) is 95.7 Å². The lowest BCUT2D eigenvalue weighted by Gasteiger charge is -2.30. The van der Waals surface area contributed by atoms with E-state index in [1.165, 1.54) is 4.90 Å². The Kier molecular flexibility index (Phi) is 6.86. The Hall–Kier alpha value is -3.92. The van der Waals surface area contributed by atoms with E-state index < -0.39 is 25.7 Å². The molecule has 1 aliphatic heterocycles. The highest BCUT2D eigenvalue weighted by Crippen LogP contribution is 2.24. The molecule has 0 saturated carbocycles. The van der Waals surface area contributed by atoms with Crippen molar-refractivity contribution in [2.24, 2.45) is 0 Å². The van der Waals surface area contributed by atoms with Crippen LogP contribution in [0.3, 0.4) is 0 Å². The van der Waals surface area contributed by atoms with E-state index in [4.69, 9.17) is 4.65 Å². The molecule has 8 nitrogen and oxygen atoms in total. The standard InChI is InChI=1S/C27H26BN3O5/c32-16-25(27(34)30-14-18-6-2-1-3-7-18)31(21-11-10-19-17-36-28(35)23(19)13-21)26(33)12-20-15-29-24-9-5-4-8-22(20)24/h1-11,13,15,25,29,32,35H,12,14,16-17H2,(H,30,34). The summed E-state index contributed by atoms with van der Waals surface area (Å²) in [5.41, 5.74) is 4.34. The molecule has 2 amide bonds. The van der Waals surface area contributed by atoms with Gasteiger partial charge >= 0.3 is 7.12 Å². The number of anilines is 1. The number of aliphatic hydroxyl groups is 1. The summed E-state index contributed by atoms with van der Waals surface area (Å²) in [4.78, 5) is 31.5. The molecule has 3 aromatic carbocycles. The first-order valence-electron chi connectivity index (χ1n) is 11.8. The molecule has 5 rings (SSSR count). The minimum Gasteiger partial charge on any atom is -0.423 e. The summed E-state index contributed by atoms with van der Waals surface area (Å²) in [6, 6.07) is 21.0. The quantitative estimate of drug-likeness (QED) is 0.285. The predicted octanol–water partition coefficient (Wildman–Crippen LogP) is 1.64. The van der Waals surface area contributed by atoms with Crippen LogP contribution in [0.1, 0.15) is 16.7 Å². The smallest absolute Gasteiger partial charge is 0.423 e. The number of aliphatic hydroxyl groups excluding tert-OH is 1. The Labute approximate surface area is 208 Å². The first-order valence-corrected chi connectivity index (χ1v) is 11.8. The molecule has 1 atom stereocenters. The van der Waals surface area contributed by atoms with E-state index in [0.29, 0.717) is 11.2 Å². The number of nitrogens with zero attached hydrogens (tertiary/aromatic N) is 1. The number of carbonyl (C=O) groups excluding carboxylic acids is 2. The topological polar surface area (TPSA) is 115 Å². The highest BCUT2D eigenvalue weighted by molar-refractivity contribution is 6.61. The number of hydrogen-bond acceptors (Lipinski definition) is 5. The van der Waals surface area contributed by atoms with Crippen molar-refractivity contribution >= 4 is 41.0 Å². The average Bonchev–Trinajstić information content (AvgIpc) is 3.49. The van der Waals surface area contributed by atoms with Gasteiger partial charge in [-0.1, -0.05) is 54.6 Å². The first kappa shape index (κ1) is 23.8. The van der Waals surface area contributed by atoms with Crippen LogP contribution in [0.5, 0.6) is 0 Å². The summed E-state index contributed by atoms with van der Waals surface area (Å²) < 4.78 is 5.29. The van der Waals surface area contributed by atoms with Crippen LogP contribution >= 0.6 is 0 Å². The molecule has 0 fully saturated rings. The van der Waals surface area contributed by atoms with E-state index in [2.05, 4.69) is 10.3 Å². The van der Waals surface area contributed by atoms with Gasteiger partial charge in [-0.3, -0.25) is 14.5 Å². The maximum Gasteiger partial charge on any atom is 0.491 e. The number of para-hydroxylation sites is 1. The second kappa shape index (κ2) is 10.4. The molecule has 1 aliphatic rings. The molecule has 0 aliphatic carbocycles. The Morgan fingerprint density at radius 1 is 1.08 bits per heavy atom. The van der Waals surface area contributed by atoms with Crippen LogP contribution in [0.4, 0.5) is 5.69 Å². The van der Waals surface area contributed by atoms with Crippen molar-refractivity contribution in [2.75, 3.05) is 11.5 Å². The fourth-order valence-electron chi connectivity index (χ4n) is 4.56. The molecule has 0 spiro atoms. The number of carbonyl (C=O) groups is 2. The lowest BCUT2D eigenvalue weighted by molar-refractivity contribution is -0.127. The average molecular weight is 483 g/mol. The van der Waals surface area contributed by atoms with E-state index >= 15 is 0 Å². The molecule has 4 aromatic rings. The van der Waals surface area contributed by atoms with E-state index in [0.717, 1.165) is 27.6 Å². The monoisotopic (exact) mass is 483 g/mol. The van der Waals surface area contributed by atoms with Crippen LogP contribution in [-0.4, -0.2) is 46.7 Å². The summed E-state index contributed by atoms with van der Waals surface area (Å²) in [5, 5.41) is 24.2. The summed E-state index contributed by atoms with van der Waals surface area (Å²) in [5.74, 6) is -0.840. The summed E-state index contributed by atoms with van der Waals surface area (Å²) in [6.45, 7) is -0.0468. The van der Waals surface area contributed by atoms with Crippen molar-refractivity contribution in [1.29, 1.82) is 0 Å². The van der Waals surface area contributed by atoms with Crippen LogP contribution in [0, 0.1) is 0 Å². The fourth-order valence-corrected chi connectivity index (χ4v) is 4.56. The van der Waals surface area contributed by atoms with Crippen LogP contribution in [-0.2, 0) is 33.8 Å². The Morgan fingerprint density at radius 2 is 1.86 bits per heavy atom.